The van der Waals surface area contributed by atoms with Gasteiger partial charge in [-0.05, 0) is 39.9 Å². The van der Waals surface area contributed by atoms with Gasteiger partial charge in [0, 0.05) is 22.9 Å². The van der Waals surface area contributed by atoms with Crippen LogP contribution >= 0.6 is 15.9 Å². The van der Waals surface area contributed by atoms with E-state index in [-0.39, 0.29) is 25.0 Å². The Hall–Kier alpha value is -2.63. The van der Waals surface area contributed by atoms with Crippen LogP contribution in [0.1, 0.15) is 28.5 Å². The number of amides is 1. The fourth-order valence-corrected chi connectivity index (χ4v) is 4.32. The third-order valence-corrected chi connectivity index (χ3v) is 5.87. The van der Waals surface area contributed by atoms with E-state index in [4.69, 9.17) is 4.74 Å². The number of alkyl carbamates (subject to hydrolysis) is 1. The summed E-state index contributed by atoms with van der Waals surface area (Å²) < 4.78 is 6.49. The van der Waals surface area contributed by atoms with E-state index in [9.17, 15) is 9.90 Å². The molecule has 0 saturated heterocycles. The number of hydrogen-bond acceptors (Lipinski definition) is 3. The average Bonchev–Trinajstić information content (AvgIpc) is 3.07. The summed E-state index contributed by atoms with van der Waals surface area (Å²) in [6, 6.07) is 24.2. The highest BCUT2D eigenvalue weighted by molar-refractivity contribution is 9.10. The number of carbonyl (C=O) groups excluding carboxylic acids is 1. The number of aliphatic hydroxyl groups excluding tert-OH is 1. The summed E-state index contributed by atoms with van der Waals surface area (Å²) in [6.45, 7) is 0.532. The Morgan fingerprint density at radius 2 is 1.66 bits per heavy atom. The number of fused-ring (bicyclic) bond motifs is 3. The molecule has 148 valence electrons. The van der Waals surface area contributed by atoms with Gasteiger partial charge in [-0.1, -0.05) is 76.6 Å². The van der Waals surface area contributed by atoms with Crippen LogP contribution in [0.4, 0.5) is 4.79 Å². The van der Waals surface area contributed by atoms with Gasteiger partial charge in [0.1, 0.15) is 6.61 Å². The van der Waals surface area contributed by atoms with Gasteiger partial charge in [0.2, 0.25) is 0 Å². The van der Waals surface area contributed by atoms with E-state index in [0.717, 1.165) is 10.0 Å². The van der Waals surface area contributed by atoms with E-state index in [1.54, 1.807) is 0 Å². The second-order valence-corrected chi connectivity index (χ2v) is 8.06. The Morgan fingerprint density at radius 3 is 2.28 bits per heavy atom. The van der Waals surface area contributed by atoms with Crippen molar-refractivity contribution in [2.45, 2.75) is 11.8 Å². The number of aliphatic hydroxyl groups is 1. The predicted molar refractivity (Wildman–Crippen MR) is 117 cm³/mol. The quantitative estimate of drug-likeness (QED) is 0.550. The highest BCUT2D eigenvalue weighted by Crippen LogP contribution is 2.44. The SMILES string of the molecule is O=C(NCC(CO)c1cccc(Br)c1)OCC1c2ccccc2-c2ccccc21. The van der Waals surface area contributed by atoms with E-state index < -0.39 is 6.09 Å². The van der Waals surface area contributed by atoms with Crippen LogP contribution < -0.4 is 5.32 Å². The number of carbonyl (C=O) groups is 1. The Labute approximate surface area is 178 Å². The smallest absolute Gasteiger partial charge is 0.407 e. The van der Waals surface area contributed by atoms with Crippen molar-refractivity contribution in [1.29, 1.82) is 0 Å². The van der Waals surface area contributed by atoms with Crippen molar-refractivity contribution in [2.24, 2.45) is 0 Å². The van der Waals surface area contributed by atoms with Gasteiger partial charge < -0.3 is 15.2 Å². The first-order valence-corrected chi connectivity index (χ1v) is 10.4. The second-order valence-electron chi connectivity index (χ2n) is 7.14. The van der Waals surface area contributed by atoms with Crippen LogP contribution in [0.3, 0.4) is 0 Å². The molecule has 0 bridgehead atoms. The maximum absolute atomic E-state index is 12.3. The molecule has 3 aromatic carbocycles. The fourth-order valence-electron chi connectivity index (χ4n) is 3.90. The standard InChI is InChI=1S/C24H22BrNO3/c25-18-7-5-6-16(12-18)17(14-27)13-26-24(28)29-15-23-21-10-3-1-8-19(21)20-9-2-4-11-22(20)23/h1-12,17,23,27H,13-15H2,(H,26,28). The monoisotopic (exact) mass is 451 g/mol. The molecule has 1 atom stereocenters. The van der Waals surface area contributed by atoms with Crippen LogP contribution in [0.25, 0.3) is 11.1 Å². The lowest BCUT2D eigenvalue weighted by Crippen LogP contribution is -2.31. The van der Waals surface area contributed by atoms with E-state index >= 15 is 0 Å². The van der Waals surface area contributed by atoms with Gasteiger partial charge in [0.25, 0.3) is 0 Å². The molecule has 0 saturated carbocycles. The lowest BCUT2D eigenvalue weighted by Gasteiger charge is -2.17. The van der Waals surface area contributed by atoms with Crippen LogP contribution in [0.5, 0.6) is 0 Å². The maximum Gasteiger partial charge on any atom is 0.407 e. The molecule has 4 rings (SSSR count). The lowest BCUT2D eigenvalue weighted by atomic mass is 9.98. The normalized spacial score (nSPS) is 13.4. The van der Waals surface area contributed by atoms with Gasteiger partial charge >= 0.3 is 6.09 Å². The van der Waals surface area contributed by atoms with E-state index in [0.29, 0.717) is 6.54 Å². The Morgan fingerprint density at radius 1 is 1.00 bits per heavy atom. The Balaban J connectivity index is 1.39. The maximum atomic E-state index is 12.3. The highest BCUT2D eigenvalue weighted by atomic mass is 79.9. The van der Waals surface area contributed by atoms with Crippen LogP contribution in [-0.2, 0) is 4.74 Å². The van der Waals surface area contributed by atoms with E-state index in [1.807, 2.05) is 48.5 Å². The summed E-state index contributed by atoms with van der Waals surface area (Å²) in [4.78, 5) is 12.3. The van der Waals surface area contributed by atoms with Gasteiger partial charge in [0.15, 0.2) is 0 Å². The molecule has 0 heterocycles. The van der Waals surface area contributed by atoms with Crippen molar-refractivity contribution >= 4 is 22.0 Å². The van der Waals surface area contributed by atoms with Crippen molar-refractivity contribution < 1.29 is 14.6 Å². The zero-order valence-electron chi connectivity index (χ0n) is 15.8. The Kier molecular flexibility index (Phi) is 5.97. The van der Waals surface area contributed by atoms with Gasteiger partial charge in [0.05, 0.1) is 6.61 Å². The predicted octanol–water partition coefficient (Wildman–Crippen LogP) is 5.06. The van der Waals surface area contributed by atoms with Gasteiger partial charge in [-0.25, -0.2) is 4.79 Å². The molecular formula is C24H22BrNO3. The summed E-state index contributed by atoms with van der Waals surface area (Å²) in [5.74, 6) is -0.153. The number of nitrogens with one attached hydrogen (secondary N) is 1. The first-order chi connectivity index (χ1) is 14.2. The van der Waals surface area contributed by atoms with Crippen LogP contribution in [0, 0.1) is 0 Å². The minimum Gasteiger partial charge on any atom is -0.449 e. The summed E-state index contributed by atoms with van der Waals surface area (Å²) >= 11 is 3.44. The molecule has 1 aliphatic carbocycles. The molecule has 5 heteroatoms. The molecule has 2 N–H and O–H groups in total. The topological polar surface area (TPSA) is 58.6 Å². The summed E-state index contributed by atoms with van der Waals surface area (Å²) in [5.41, 5.74) is 5.73. The molecule has 0 aromatic heterocycles. The largest absolute Gasteiger partial charge is 0.449 e. The zero-order valence-corrected chi connectivity index (χ0v) is 17.4. The van der Waals surface area contributed by atoms with Crippen LogP contribution in [-0.4, -0.2) is 31.0 Å². The number of hydrogen-bond donors (Lipinski definition) is 2. The van der Waals surface area contributed by atoms with Crippen LogP contribution in [0.15, 0.2) is 77.3 Å². The summed E-state index contributed by atoms with van der Waals surface area (Å²) in [6.07, 6.45) is -0.472. The molecule has 4 nitrogen and oxygen atoms in total. The molecule has 0 fully saturated rings. The highest BCUT2D eigenvalue weighted by Gasteiger charge is 2.29. The molecule has 1 amide bonds. The molecular weight excluding hydrogens is 430 g/mol. The van der Waals surface area contributed by atoms with Gasteiger partial charge in [-0.3, -0.25) is 0 Å². The average molecular weight is 452 g/mol. The number of ether oxygens (including phenoxy) is 1. The molecule has 0 spiro atoms. The molecule has 0 radical (unpaired) electrons. The minimum absolute atomic E-state index is 0.0341. The first kappa shape index (κ1) is 19.7. The van der Waals surface area contributed by atoms with E-state index in [1.165, 1.54) is 22.3 Å². The fraction of sp³-hybridized carbons (Fsp3) is 0.208. The minimum atomic E-state index is -0.472. The zero-order chi connectivity index (χ0) is 20.2. The van der Waals surface area contributed by atoms with Crippen molar-refractivity contribution in [2.75, 3.05) is 19.8 Å². The van der Waals surface area contributed by atoms with Crippen molar-refractivity contribution in [1.82, 2.24) is 5.32 Å². The van der Waals surface area contributed by atoms with Gasteiger partial charge in [-0.15, -0.1) is 0 Å². The number of rotatable bonds is 6. The first-order valence-electron chi connectivity index (χ1n) is 9.62. The van der Waals surface area contributed by atoms with Gasteiger partial charge in [-0.2, -0.15) is 0 Å². The van der Waals surface area contributed by atoms with Crippen LogP contribution in [0.2, 0.25) is 0 Å². The Bertz CT molecular complexity index is 975. The molecule has 0 aliphatic heterocycles. The lowest BCUT2D eigenvalue weighted by molar-refractivity contribution is 0.141. The van der Waals surface area contributed by atoms with Crippen molar-refractivity contribution in [3.8, 4) is 11.1 Å². The summed E-state index contributed by atoms with van der Waals surface area (Å²) in [7, 11) is 0. The third-order valence-electron chi connectivity index (χ3n) is 5.38. The summed E-state index contributed by atoms with van der Waals surface area (Å²) in [5, 5.41) is 12.5. The second kappa shape index (κ2) is 8.80. The third kappa shape index (κ3) is 4.21. The van der Waals surface area contributed by atoms with Crippen molar-refractivity contribution in [3.05, 3.63) is 94.0 Å². The van der Waals surface area contributed by atoms with Crippen molar-refractivity contribution in [3.63, 3.8) is 0 Å². The molecule has 3 aromatic rings. The molecule has 1 aliphatic rings. The number of halogens is 1. The van der Waals surface area contributed by atoms with E-state index in [2.05, 4.69) is 45.5 Å². The molecule has 29 heavy (non-hydrogen) atoms. The number of benzene rings is 3. The molecule has 1 unspecified atom stereocenters.